The molecule has 0 saturated heterocycles. The molecule has 1 heterocycles. The molecule has 2 aromatic rings. The molecule has 2 N–H and O–H groups in total. The van der Waals surface area contributed by atoms with Crippen LogP contribution in [0.3, 0.4) is 0 Å². The van der Waals surface area contributed by atoms with Crippen molar-refractivity contribution in [3.8, 4) is 0 Å². The van der Waals surface area contributed by atoms with Crippen LogP contribution in [-0.4, -0.2) is 23.7 Å². The predicted molar refractivity (Wildman–Crippen MR) is 110 cm³/mol. The molecule has 0 aliphatic heterocycles. The fourth-order valence-corrected chi connectivity index (χ4v) is 3.08. The van der Waals surface area contributed by atoms with Crippen molar-refractivity contribution in [3.05, 3.63) is 47.2 Å². The van der Waals surface area contributed by atoms with E-state index in [0.29, 0.717) is 19.0 Å². The molecular formula is C20H30N4OS. The van der Waals surface area contributed by atoms with Gasteiger partial charge < -0.3 is 15.1 Å². The maximum absolute atomic E-state index is 5.83. The first-order valence-corrected chi connectivity index (χ1v) is 10.2. The average Bonchev–Trinajstić information content (AvgIpc) is 3.07. The number of aliphatic imine (C=N–C) groups is 1. The Morgan fingerprint density at radius 3 is 2.65 bits per heavy atom. The maximum atomic E-state index is 5.83. The summed E-state index contributed by atoms with van der Waals surface area (Å²) < 4.78 is 5.83. The molecule has 0 unspecified atom stereocenters. The van der Waals surface area contributed by atoms with Gasteiger partial charge in [-0.25, -0.2) is 9.98 Å². The van der Waals surface area contributed by atoms with E-state index in [1.54, 1.807) is 18.0 Å². The van der Waals surface area contributed by atoms with Gasteiger partial charge >= 0.3 is 0 Å². The standard InChI is InChI=1S/C20H30N4OS/c1-7-21-19(23-11-15-9-8-14(2)10-16(15)26-6)24-13-18-22-12-17(25-18)20(3,4)5/h8-10,12H,7,11,13H2,1-6H3,(H2,21,23,24). The lowest BCUT2D eigenvalue weighted by Gasteiger charge is -2.13. The number of oxazole rings is 1. The van der Waals surface area contributed by atoms with Crippen molar-refractivity contribution in [1.29, 1.82) is 0 Å². The minimum absolute atomic E-state index is 0.0382. The Balaban J connectivity index is 2.04. The molecule has 142 valence electrons. The number of aromatic nitrogens is 1. The number of nitrogens with one attached hydrogen (secondary N) is 2. The number of guanidine groups is 1. The molecule has 0 fully saturated rings. The monoisotopic (exact) mass is 374 g/mol. The summed E-state index contributed by atoms with van der Waals surface area (Å²) in [4.78, 5) is 10.3. The van der Waals surface area contributed by atoms with Gasteiger partial charge in [0, 0.05) is 16.9 Å². The molecule has 0 bridgehead atoms. The largest absolute Gasteiger partial charge is 0.443 e. The Morgan fingerprint density at radius 2 is 2.04 bits per heavy atom. The van der Waals surface area contributed by atoms with Gasteiger partial charge in [-0.1, -0.05) is 32.9 Å². The number of aryl methyl sites for hydroxylation is 1. The molecule has 0 radical (unpaired) electrons. The highest BCUT2D eigenvalue weighted by molar-refractivity contribution is 7.98. The summed E-state index contributed by atoms with van der Waals surface area (Å²) in [6.07, 6.45) is 3.90. The number of benzene rings is 1. The molecule has 1 aromatic carbocycles. The fourth-order valence-electron chi connectivity index (χ4n) is 2.39. The third-order valence-electron chi connectivity index (χ3n) is 3.89. The molecule has 0 saturated carbocycles. The van der Waals surface area contributed by atoms with Gasteiger partial charge in [0.2, 0.25) is 5.89 Å². The van der Waals surface area contributed by atoms with Gasteiger partial charge in [-0.15, -0.1) is 11.8 Å². The van der Waals surface area contributed by atoms with Gasteiger partial charge in [-0.2, -0.15) is 0 Å². The molecule has 26 heavy (non-hydrogen) atoms. The first-order chi connectivity index (χ1) is 12.3. The van der Waals surface area contributed by atoms with Gasteiger partial charge in [-0.3, -0.25) is 0 Å². The zero-order valence-corrected chi connectivity index (χ0v) is 17.5. The van der Waals surface area contributed by atoms with E-state index in [-0.39, 0.29) is 5.41 Å². The van der Waals surface area contributed by atoms with E-state index >= 15 is 0 Å². The summed E-state index contributed by atoms with van der Waals surface area (Å²) in [5.74, 6) is 2.32. The third kappa shape index (κ3) is 5.80. The third-order valence-corrected chi connectivity index (χ3v) is 4.71. The zero-order chi connectivity index (χ0) is 19.2. The van der Waals surface area contributed by atoms with Crippen LogP contribution in [0.5, 0.6) is 0 Å². The number of hydrogen-bond acceptors (Lipinski definition) is 4. The van der Waals surface area contributed by atoms with E-state index in [9.17, 15) is 0 Å². The van der Waals surface area contributed by atoms with Crippen LogP contribution in [-0.2, 0) is 18.5 Å². The Kier molecular flexibility index (Phi) is 7.14. The highest BCUT2D eigenvalue weighted by Crippen LogP contribution is 2.23. The quantitative estimate of drug-likeness (QED) is 0.449. The first kappa shape index (κ1) is 20.4. The first-order valence-electron chi connectivity index (χ1n) is 8.94. The van der Waals surface area contributed by atoms with Crippen molar-refractivity contribution in [2.45, 2.75) is 58.0 Å². The minimum atomic E-state index is -0.0382. The van der Waals surface area contributed by atoms with E-state index < -0.39 is 0 Å². The smallest absolute Gasteiger partial charge is 0.213 e. The predicted octanol–water partition coefficient (Wildman–Crippen LogP) is 4.26. The van der Waals surface area contributed by atoms with Crippen LogP contribution in [0.4, 0.5) is 0 Å². The van der Waals surface area contributed by atoms with Crippen molar-refractivity contribution in [3.63, 3.8) is 0 Å². The van der Waals surface area contributed by atoms with Crippen molar-refractivity contribution in [2.24, 2.45) is 4.99 Å². The second-order valence-electron chi connectivity index (χ2n) is 7.23. The van der Waals surface area contributed by atoms with Crippen LogP contribution in [0.1, 0.15) is 50.5 Å². The molecule has 0 spiro atoms. The maximum Gasteiger partial charge on any atom is 0.213 e. The van der Waals surface area contributed by atoms with Crippen LogP contribution in [0.25, 0.3) is 0 Å². The average molecular weight is 375 g/mol. The van der Waals surface area contributed by atoms with E-state index in [0.717, 1.165) is 18.3 Å². The summed E-state index contributed by atoms with van der Waals surface area (Å²) >= 11 is 1.75. The van der Waals surface area contributed by atoms with Crippen LogP contribution in [0.2, 0.25) is 0 Å². The fraction of sp³-hybridized carbons (Fsp3) is 0.500. The number of rotatable bonds is 6. The summed E-state index contributed by atoms with van der Waals surface area (Å²) in [6, 6.07) is 6.49. The van der Waals surface area contributed by atoms with E-state index in [4.69, 9.17) is 9.41 Å². The van der Waals surface area contributed by atoms with Gasteiger partial charge in [0.05, 0.1) is 19.3 Å². The summed E-state index contributed by atoms with van der Waals surface area (Å²) in [5.41, 5.74) is 2.46. The van der Waals surface area contributed by atoms with Crippen LogP contribution in [0.15, 0.2) is 38.7 Å². The zero-order valence-electron chi connectivity index (χ0n) is 16.6. The topological polar surface area (TPSA) is 62.5 Å². The molecule has 0 amide bonds. The number of hydrogen-bond donors (Lipinski definition) is 2. The molecule has 0 aliphatic rings. The van der Waals surface area contributed by atoms with Crippen molar-refractivity contribution >= 4 is 17.7 Å². The van der Waals surface area contributed by atoms with Crippen LogP contribution in [0, 0.1) is 6.92 Å². The summed E-state index contributed by atoms with van der Waals surface area (Å²) in [6.45, 7) is 12.4. The van der Waals surface area contributed by atoms with Crippen molar-refractivity contribution in [2.75, 3.05) is 12.8 Å². The molecule has 2 rings (SSSR count). The second kappa shape index (κ2) is 9.12. The van der Waals surface area contributed by atoms with E-state index in [1.807, 2.05) is 0 Å². The van der Waals surface area contributed by atoms with Gasteiger partial charge in [0.1, 0.15) is 5.76 Å². The Morgan fingerprint density at radius 1 is 1.27 bits per heavy atom. The SMILES string of the molecule is CCNC(=NCc1ccc(C)cc1SC)NCc1ncc(C(C)(C)C)o1. The lowest BCUT2D eigenvalue weighted by atomic mass is 9.94. The van der Waals surface area contributed by atoms with Crippen LogP contribution < -0.4 is 10.6 Å². The van der Waals surface area contributed by atoms with Crippen molar-refractivity contribution in [1.82, 2.24) is 15.6 Å². The normalized spacial score (nSPS) is 12.3. The summed E-state index contributed by atoms with van der Waals surface area (Å²) in [5, 5.41) is 6.57. The Hall–Kier alpha value is -1.95. The lowest BCUT2D eigenvalue weighted by Crippen LogP contribution is -2.36. The highest BCUT2D eigenvalue weighted by Gasteiger charge is 2.19. The Labute approximate surface area is 161 Å². The molecule has 6 heteroatoms. The molecular weight excluding hydrogens is 344 g/mol. The van der Waals surface area contributed by atoms with Gasteiger partial charge in [0.15, 0.2) is 5.96 Å². The summed E-state index contributed by atoms with van der Waals surface area (Å²) in [7, 11) is 0. The minimum Gasteiger partial charge on any atom is -0.443 e. The molecule has 5 nitrogen and oxygen atoms in total. The lowest BCUT2D eigenvalue weighted by molar-refractivity contribution is 0.379. The number of thioether (sulfide) groups is 1. The molecule has 1 aromatic heterocycles. The molecule has 0 atom stereocenters. The number of nitrogens with zero attached hydrogens (tertiary/aromatic N) is 2. The second-order valence-corrected chi connectivity index (χ2v) is 8.08. The van der Waals surface area contributed by atoms with Gasteiger partial charge in [0.25, 0.3) is 0 Å². The van der Waals surface area contributed by atoms with E-state index in [2.05, 4.69) is 74.7 Å². The molecule has 0 aliphatic carbocycles. The van der Waals surface area contributed by atoms with Gasteiger partial charge in [-0.05, 0) is 37.3 Å². The van der Waals surface area contributed by atoms with Crippen LogP contribution >= 0.6 is 11.8 Å². The Bertz CT molecular complexity index is 747. The highest BCUT2D eigenvalue weighted by atomic mass is 32.2. The van der Waals surface area contributed by atoms with Crippen molar-refractivity contribution < 1.29 is 4.42 Å². The van der Waals surface area contributed by atoms with E-state index in [1.165, 1.54) is 16.0 Å².